The Morgan fingerprint density at radius 3 is 2.65 bits per heavy atom. The molecular weight excluding hydrogens is 260 g/mol. The van der Waals surface area contributed by atoms with E-state index in [0.717, 1.165) is 5.56 Å². The number of aromatic nitrogens is 2. The topological polar surface area (TPSA) is 101 Å². The molecule has 0 bridgehead atoms. The molecule has 1 heterocycles. The van der Waals surface area contributed by atoms with Crippen molar-refractivity contribution in [2.45, 2.75) is 13.3 Å². The van der Waals surface area contributed by atoms with Gasteiger partial charge < -0.3 is 10.3 Å². The van der Waals surface area contributed by atoms with Gasteiger partial charge in [-0.3, -0.25) is 14.9 Å². The first kappa shape index (κ1) is 13.7. The Kier molecular flexibility index (Phi) is 4.09. The number of nitrogens with one attached hydrogen (secondary N) is 2. The van der Waals surface area contributed by atoms with Gasteiger partial charge in [0.2, 0.25) is 0 Å². The van der Waals surface area contributed by atoms with E-state index in [-0.39, 0.29) is 11.2 Å². The number of benzene rings is 1. The van der Waals surface area contributed by atoms with Crippen LogP contribution in [0.4, 0.5) is 11.5 Å². The summed E-state index contributed by atoms with van der Waals surface area (Å²) < 4.78 is 0. The van der Waals surface area contributed by atoms with Crippen LogP contribution in [0.3, 0.4) is 0 Å². The molecule has 1 aromatic heterocycles. The van der Waals surface area contributed by atoms with Crippen molar-refractivity contribution < 1.29 is 4.92 Å². The zero-order chi connectivity index (χ0) is 14.5. The largest absolute Gasteiger partial charge is 0.370 e. The van der Waals surface area contributed by atoms with Crippen LogP contribution in [0.1, 0.15) is 11.4 Å². The first-order chi connectivity index (χ1) is 9.54. The standard InChI is InChI=1S/C13H14N4O3/c1-9-15-12(8-13(18)16-9)14-7-6-10-2-4-11(5-3-10)17(19)20/h2-5,8H,6-7H2,1H3,(H2,14,15,16,18). The molecule has 0 spiro atoms. The molecule has 0 aliphatic heterocycles. The monoisotopic (exact) mass is 274 g/mol. The Morgan fingerprint density at radius 1 is 1.35 bits per heavy atom. The minimum Gasteiger partial charge on any atom is -0.370 e. The quantitative estimate of drug-likeness (QED) is 0.637. The fourth-order valence-corrected chi connectivity index (χ4v) is 1.79. The lowest BCUT2D eigenvalue weighted by Gasteiger charge is -2.05. The summed E-state index contributed by atoms with van der Waals surface area (Å²) in [5.74, 6) is 1.07. The molecule has 0 fully saturated rings. The van der Waals surface area contributed by atoms with Crippen LogP contribution in [0.5, 0.6) is 0 Å². The highest BCUT2D eigenvalue weighted by molar-refractivity contribution is 5.35. The lowest BCUT2D eigenvalue weighted by atomic mass is 10.1. The van der Waals surface area contributed by atoms with Crippen LogP contribution in [-0.4, -0.2) is 21.4 Å². The first-order valence-electron chi connectivity index (χ1n) is 6.10. The van der Waals surface area contributed by atoms with E-state index < -0.39 is 4.92 Å². The summed E-state index contributed by atoms with van der Waals surface area (Å²) in [6.45, 7) is 2.30. The van der Waals surface area contributed by atoms with Crippen LogP contribution in [0, 0.1) is 17.0 Å². The van der Waals surface area contributed by atoms with Gasteiger partial charge in [0, 0.05) is 24.7 Å². The number of hydrogen-bond acceptors (Lipinski definition) is 5. The van der Waals surface area contributed by atoms with Crippen molar-refractivity contribution in [1.82, 2.24) is 9.97 Å². The fraction of sp³-hybridized carbons (Fsp3) is 0.231. The fourth-order valence-electron chi connectivity index (χ4n) is 1.79. The summed E-state index contributed by atoms with van der Waals surface area (Å²) in [6, 6.07) is 7.78. The zero-order valence-electron chi connectivity index (χ0n) is 10.9. The highest BCUT2D eigenvalue weighted by Crippen LogP contribution is 2.12. The summed E-state index contributed by atoms with van der Waals surface area (Å²) in [5, 5.41) is 13.6. The van der Waals surface area contributed by atoms with Crippen LogP contribution in [0.2, 0.25) is 0 Å². The number of nitro groups is 1. The van der Waals surface area contributed by atoms with Crippen molar-refractivity contribution in [1.29, 1.82) is 0 Å². The van der Waals surface area contributed by atoms with Gasteiger partial charge in [-0.25, -0.2) is 4.98 Å². The number of nitrogens with zero attached hydrogens (tertiary/aromatic N) is 2. The van der Waals surface area contributed by atoms with Crippen LogP contribution in [0.25, 0.3) is 0 Å². The third-order valence-electron chi connectivity index (χ3n) is 2.73. The summed E-state index contributed by atoms with van der Waals surface area (Å²) in [7, 11) is 0. The van der Waals surface area contributed by atoms with Gasteiger partial charge in [0.25, 0.3) is 11.2 Å². The SMILES string of the molecule is Cc1nc(NCCc2ccc([N+](=O)[O-])cc2)cc(=O)[nH]1. The van der Waals surface area contributed by atoms with Crippen molar-refractivity contribution in [3.63, 3.8) is 0 Å². The number of H-pyrrole nitrogens is 1. The zero-order valence-corrected chi connectivity index (χ0v) is 10.9. The first-order valence-corrected chi connectivity index (χ1v) is 6.10. The number of non-ortho nitro benzene ring substituents is 1. The van der Waals surface area contributed by atoms with Gasteiger partial charge in [-0.1, -0.05) is 12.1 Å². The number of aryl methyl sites for hydroxylation is 1. The molecule has 7 heteroatoms. The molecule has 2 N–H and O–H groups in total. The van der Waals surface area contributed by atoms with E-state index in [1.807, 2.05) is 0 Å². The molecule has 0 aliphatic rings. The van der Waals surface area contributed by atoms with Crippen LogP contribution in [-0.2, 0) is 6.42 Å². The second-order valence-electron chi connectivity index (χ2n) is 4.32. The Labute approximate surface area is 114 Å². The number of anilines is 1. The van der Waals surface area contributed by atoms with Gasteiger partial charge in [-0.15, -0.1) is 0 Å². The summed E-state index contributed by atoms with van der Waals surface area (Å²) in [6.07, 6.45) is 0.686. The molecule has 2 aromatic rings. The second kappa shape index (κ2) is 5.96. The van der Waals surface area contributed by atoms with E-state index in [4.69, 9.17) is 0 Å². The highest BCUT2D eigenvalue weighted by Gasteiger charge is 2.04. The number of rotatable bonds is 5. The third-order valence-corrected chi connectivity index (χ3v) is 2.73. The Bertz CT molecular complexity index is 664. The van der Waals surface area contributed by atoms with Gasteiger partial charge in [-0.05, 0) is 18.9 Å². The average molecular weight is 274 g/mol. The van der Waals surface area contributed by atoms with Crippen LogP contribution >= 0.6 is 0 Å². The lowest BCUT2D eigenvalue weighted by molar-refractivity contribution is -0.384. The predicted octanol–water partition coefficient (Wildman–Crippen LogP) is 1.64. The smallest absolute Gasteiger partial charge is 0.269 e. The van der Waals surface area contributed by atoms with Crippen molar-refractivity contribution in [3.05, 3.63) is 62.2 Å². The molecular formula is C13H14N4O3. The van der Waals surface area contributed by atoms with E-state index >= 15 is 0 Å². The van der Waals surface area contributed by atoms with Crippen LogP contribution < -0.4 is 10.9 Å². The molecule has 0 unspecified atom stereocenters. The molecule has 0 saturated heterocycles. The summed E-state index contributed by atoms with van der Waals surface area (Å²) >= 11 is 0. The average Bonchev–Trinajstić information content (AvgIpc) is 2.38. The van der Waals surface area contributed by atoms with Crippen molar-refractivity contribution in [2.24, 2.45) is 0 Å². The molecule has 0 atom stereocenters. The maximum Gasteiger partial charge on any atom is 0.269 e. The lowest BCUT2D eigenvalue weighted by Crippen LogP contribution is -2.13. The predicted molar refractivity (Wildman–Crippen MR) is 74.9 cm³/mol. The number of aromatic amines is 1. The van der Waals surface area contributed by atoms with Crippen molar-refractivity contribution in [2.75, 3.05) is 11.9 Å². The Balaban J connectivity index is 1.92. The molecule has 0 radical (unpaired) electrons. The Morgan fingerprint density at radius 2 is 2.05 bits per heavy atom. The second-order valence-corrected chi connectivity index (χ2v) is 4.32. The molecule has 20 heavy (non-hydrogen) atoms. The van der Waals surface area contributed by atoms with Gasteiger partial charge in [0.15, 0.2) is 0 Å². The summed E-state index contributed by atoms with van der Waals surface area (Å²) in [4.78, 5) is 28.1. The van der Waals surface area contributed by atoms with Gasteiger partial charge in [0.05, 0.1) is 4.92 Å². The minimum absolute atomic E-state index is 0.0774. The molecule has 7 nitrogen and oxygen atoms in total. The molecule has 2 rings (SSSR count). The maximum absolute atomic E-state index is 11.2. The molecule has 0 amide bonds. The van der Waals surface area contributed by atoms with E-state index in [2.05, 4.69) is 15.3 Å². The minimum atomic E-state index is -0.426. The van der Waals surface area contributed by atoms with E-state index in [1.165, 1.54) is 18.2 Å². The molecule has 0 saturated carbocycles. The van der Waals surface area contributed by atoms with Gasteiger partial charge in [0.1, 0.15) is 11.6 Å². The van der Waals surface area contributed by atoms with E-state index in [1.54, 1.807) is 19.1 Å². The van der Waals surface area contributed by atoms with Crippen molar-refractivity contribution in [3.8, 4) is 0 Å². The maximum atomic E-state index is 11.2. The van der Waals surface area contributed by atoms with Crippen LogP contribution in [0.15, 0.2) is 35.1 Å². The normalized spacial score (nSPS) is 10.2. The summed E-state index contributed by atoms with van der Waals surface area (Å²) in [5.41, 5.74) is 0.855. The van der Waals surface area contributed by atoms with Gasteiger partial charge in [-0.2, -0.15) is 0 Å². The van der Waals surface area contributed by atoms with E-state index in [0.29, 0.717) is 24.6 Å². The number of nitro benzene ring substituents is 1. The number of hydrogen-bond donors (Lipinski definition) is 2. The van der Waals surface area contributed by atoms with E-state index in [9.17, 15) is 14.9 Å². The Hall–Kier alpha value is -2.70. The molecule has 1 aromatic carbocycles. The van der Waals surface area contributed by atoms with Gasteiger partial charge >= 0.3 is 0 Å². The third kappa shape index (κ3) is 3.64. The molecule has 0 aliphatic carbocycles. The molecule has 104 valence electrons. The highest BCUT2D eigenvalue weighted by atomic mass is 16.6. The van der Waals surface area contributed by atoms with Crippen molar-refractivity contribution >= 4 is 11.5 Å².